The summed E-state index contributed by atoms with van der Waals surface area (Å²) in [5.74, 6) is 1.75. The normalized spacial score (nSPS) is 12.2. The first kappa shape index (κ1) is 15.2. The van der Waals surface area contributed by atoms with E-state index in [9.17, 15) is 9.90 Å². The second kappa shape index (κ2) is 7.05. The highest BCUT2D eigenvalue weighted by Gasteiger charge is 2.13. The van der Waals surface area contributed by atoms with Gasteiger partial charge in [0.15, 0.2) is 11.5 Å². The minimum absolute atomic E-state index is 0.00177. The third-order valence-corrected chi connectivity index (χ3v) is 3.79. The summed E-state index contributed by atoms with van der Waals surface area (Å²) in [6, 6.07) is 12.9. The van der Waals surface area contributed by atoms with Crippen LogP contribution in [-0.4, -0.2) is 24.4 Å². The van der Waals surface area contributed by atoms with Crippen LogP contribution in [0.25, 0.3) is 0 Å². The third-order valence-electron chi connectivity index (χ3n) is 3.79. The molecule has 0 saturated carbocycles. The van der Waals surface area contributed by atoms with Gasteiger partial charge < -0.3 is 19.9 Å². The fourth-order valence-electron chi connectivity index (χ4n) is 2.50. The summed E-state index contributed by atoms with van der Waals surface area (Å²) in [7, 11) is 0. The number of para-hydroxylation sites is 1. The van der Waals surface area contributed by atoms with Crippen LogP contribution in [0.4, 0.5) is 0 Å². The Morgan fingerprint density at radius 1 is 1.09 bits per heavy atom. The summed E-state index contributed by atoms with van der Waals surface area (Å²) in [5, 5.41) is 12.5. The smallest absolute Gasteiger partial charge is 0.231 e. The number of phenolic OH excluding ortho intramolecular Hbond substituents is 1. The zero-order chi connectivity index (χ0) is 16.1. The van der Waals surface area contributed by atoms with Crippen LogP contribution in [0.5, 0.6) is 17.2 Å². The number of carbonyl (C=O) groups excluding carboxylic acids is 1. The van der Waals surface area contributed by atoms with Gasteiger partial charge in [-0.25, -0.2) is 0 Å². The minimum atomic E-state index is -0.00177. The molecular weight excluding hydrogens is 294 g/mol. The van der Waals surface area contributed by atoms with Crippen LogP contribution < -0.4 is 14.8 Å². The molecule has 1 aliphatic heterocycles. The number of rotatable bonds is 6. The van der Waals surface area contributed by atoms with Crippen molar-refractivity contribution in [2.24, 2.45) is 0 Å². The molecule has 2 aromatic carbocycles. The largest absolute Gasteiger partial charge is 0.508 e. The molecule has 1 aliphatic rings. The van der Waals surface area contributed by atoms with E-state index < -0.39 is 0 Å². The molecule has 0 fully saturated rings. The summed E-state index contributed by atoms with van der Waals surface area (Å²) in [6.45, 7) is 0.767. The molecule has 1 heterocycles. The Kier molecular flexibility index (Phi) is 4.66. The van der Waals surface area contributed by atoms with Crippen molar-refractivity contribution in [3.63, 3.8) is 0 Å². The number of hydrogen-bond donors (Lipinski definition) is 2. The molecule has 0 radical (unpaired) electrons. The van der Waals surface area contributed by atoms with Gasteiger partial charge in [-0.05, 0) is 42.2 Å². The second-order valence-corrected chi connectivity index (χ2v) is 5.42. The average Bonchev–Trinajstić information content (AvgIpc) is 3.02. The molecular formula is C18H19NO4. The third kappa shape index (κ3) is 3.94. The molecule has 2 aromatic rings. The number of fused-ring (bicyclic) bond motifs is 1. The molecule has 2 N–H and O–H groups in total. The van der Waals surface area contributed by atoms with E-state index in [-0.39, 0.29) is 18.4 Å². The number of nitrogens with one attached hydrogen (secondary N) is 1. The topological polar surface area (TPSA) is 67.8 Å². The van der Waals surface area contributed by atoms with Crippen molar-refractivity contribution in [1.82, 2.24) is 5.32 Å². The molecule has 0 saturated heterocycles. The van der Waals surface area contributed by atoms with Gasteiger partial charge in [-0.2, -0.15) is 0 Å². The number of ether oxygens (including phenoxy) is 2. The SMILES string of the molecule is O=C(CCc1ccc2c(c1)OCO2)NCCc1ccccc1O. The first-order valence-electron chi connectivity index (χ1n) is 7.64. The van der Waals surface area contributed by atoms with Gasteiger partial charge in [0.25, 0.3) is 0 Å². The van der Waals surface area contributed by atoms with Crippen LogP contribution >= 0.6 is 0 Å². The average molecular weight is 313 g/mol. The molecule has 3 rings (SSSR count). The standard InChI is InChI=1S/C18H19NO4/c20-15-4-2-1-3-14(15)9-10-19-18(21)8-6-13-5-7-16-17(11-13)23-12-22-16/h1-5,7,11,20H,6,8-10,12H2,(H,19,21). The molecule has 0 unspecified atom stereocenters. The summed E-state index contributed by atoms with van der Waals surface area (Å²) >= 11 is 0. The minimum Gasteiger partial charge on any atom is -0.508 e. The Balaban J connectivity index is 1.42. The fraction of sp³-hybridized carbons (Fsp3) is 0.278. The fourth-order valence-corrected chi connectivity index (χ4v) is 2.50. The highest BCUT2D eigenvalue weighted by atomic mass is 16.7. The number of hydrogen-bond acceptors (Lipinski definition) is 4. The summed E-state index contributed by atoms with van der Waals surface area (Å²) < 4.78 is 10.6. The van der Waals surface area contributed by atoms with Gasteiger partial charge in [0.05, 0.1) is 0 Å². The van der Waals surface area contributed by atoms with E-state index in [1.165, 1.54) is 0 Å². The Morgan fingerprint density at radius 2 is 1.91 bits per heavy atom. The summed E-state index contributed by atoms with van der Waals surface area (Å²) in [4.78, 5) is 11.9. The predicted molar refractivity (Wildman–Crippen MR) is 85.7 cm³/mol. The highest BCUT2D eigenvalue weighted by Crippen LogP contribution is 2.32. The van der Waals surface area contributed by atoms with Crippen LogP contribution in [0.3, 0.4) is 0 Å². The first-order valence-corrected chi connectivity index (χ1v) is 7.64. The maximum Gasteiger partial charge on any atom is 0.231 e. The van der Waals surface area contributed by atoms with Gasteiger partial charge in [0, 0.05) is 13.0 Å². The van der Waals surface area contributed by atoms with E-state index in [0.29, 0.717) is 25.8 Å². The van der Waals surface area contributed by atoms with Crippen LogP contribution in [0.15, 0.2) is 42.5 Å². The maximum atomic E-state index is 11.9. The Morgan fingerprint density at radius 3 is 2.78 bits per heavy atom. The number of benzene rings is 2. The lowest BCUT2D eigenvalue weighted by Crippen LogP contribution is -2.25. The zero-order valence-corrected chi connectivity index (χ0v) is 12.7. The number of carbonyl (C=O) groups is 1. The highest BCUT2D eigenvalue weighted by molar-refractivity contribution is 5.76. The molecule has 0 bridgehead atoms. The number of amides is 1. The van der Waals surface area contributed by atoms with Gasteiger partial charge in [-0.3, -0.25) is 4.79 Å². The van der Waals surface area contributed by atoms with E-state index in [4.69, 9.17) is 9.47 Å². The van der Waals surface area contributed by atoms with Gasteiger partial charge in [-0.15, -0.1) is 0 Å². The summed E-state index contributed by atoms with van der Waals surface area (Å²) in [5.41, 5.74) is 1.88. The van der Waals surface area contributed by atoms with E-state index >= 15 is 0 Å². The van der Waals surface area contributed by atoms with Gasteiger partial charge in [0.2, 0.25) is 12.7 Å². The molecule has 23 heavy (non-hydrogen) atoms. The Hall–Kier alpha value is -2.69. The lowest BCUT2D eigenvalue weighted by atomic mass is 10.1. The lowest BCUT2D eigenvalue weighted by Gasteiger charge is -2.07. The van der Waals surface area contributed by atoms with Crippen molar-refractivity contribution in [3.05, 3.63) is 53.6 Å². The molecule has 5 nitrogen and oxygen atoms in total. The van der Waals surface area contributed by atoms with Crippen molar-refractivity contribution >= 4 is 5.91 Å². The quantitative estimate of drug-likeness (QED) is 0.859. The van der Waals surface area contributed by atoms with E-state index in [0.717, 1.165) is 22.6 Å². The van der Waals surface area contributed by atoms with Crippen molar-refractivity contribution in [3.8, 4) is 17.2 Å². The molecule has 0 aliphatic carbocycles. The van der Waals surface area contributed by atoms with Crippen molar-refractivity contribution in [1.29, 1.82) is 0 Å². The second-order valence-electron chi connectivity index (χ2n) is 5.42. The van der Waals surface area contributed by atoms with Crippen LogP contribution in [0.2, 0.25) is 0 Å². The number of phenols is 1. The first-order chi connectivity index (χ1) is 11.2. The van der Waals surface area contributed by atoms with Gasteiger partial charge in [-0.1, -0.05) is 24.3 Å². The molecule has 0 aromatic heterocycles. The molecule has 5 heteroatoms. The summed E-state index contributed by atoms with van der Waals surface area (Å²) in [6.07, 6.45) is 1.68. The van der Waals surface area contributed by atoms with E-state index in [1.807, 2.05) is 30.3 Å². The van der Waals surface area contributed by atoms with Crippen LogP contribution in [-0.2, 0) is 17.6 Å². The Bertz CT molecular complexity index is 699. The van der Waals surface area contributed by atoms with Crippen molar-refractivity contribution in [2.75, 3.05) is 13.3 Å². The monoisotopic (exact) mass is 313 g/mol. The Labute approximate surface area is 134 Å². The predicted octanol–water partition coefficient (Wildman–Crippen LogP) is 2.41. The number of aromatic hydroxyl groups is 1. The van der Waals surface area contributed by atoms with Gasteiger partial charge >= 0.3 is 0 Å². The van der Waals surface area contributed by atoms with Crippen LogP contribution in [0.1, 0.15) is 17.5 Å². The molecule has 120 valence electrons. The van der Waals surface area contributed by atoms with E-state index in [1.54, 1.807) is 12.1 Å². The van der Waals surface area contributed by atoms with Crippen molar-refractivity contribution < 1.29 is 19.4 Å². The maximum absolute atomic E-state index is 11.9. The lowest BCUT2D eigenvalue weighted by molar-refractivity contribution is -0.121. The number of aryl methyl sites for hydroxylation is 1. The molecule has 0 spiro atoms. The van der Waals surface area contributed by atoms with Crippen LogP contribution in [0, 0.1) is 0 Å². The molecule has 1 amide bonds. The molecule has 0 atom stereocenters. The van der Waals surface area contributed by atoms with Crippen molar-refractivity contribution in [2.45, 2.75) is 19.3 Å². The van der Waals surface area contributed by atoms with E-state index in [2.05, 4.69) is 5.32 Å². The van der Waals surface area contributed by atoms with Gasteiger partial charge in [0.1, 0.15) is 5.75 Å². The zero-order valence-electron chi connectivity index (χ0n) is 12.7.